The number of ether oxygens (including phenoxy) is 1. The first-order valence-electron chi connectivity index (χ1n) is 3.97. The average molecular weight is 219 g/mol. The van der Waals surface area contributed by atoms with Crippen molar-refractivity contribution in [1.29, 1.82) is 0 Å². The molecule has 15 heavy (non-hydrogen) atoms. The van der Waals surface area contributed by atoms with Crippen LogP contribution in [0.15, 0.2) is 29.4 Å². The molecule has 3 nitrogen and oxygen atoms in total. The summed E-state index contributed by atoms with van der Waals surface area (Å²) in [5.74, 6) is -0.344. The van der Waals surface area contributed by atoms with Crippen molar-refractivity contribution in [2.75, 3.05) is 0 Å². The van der Waals surface area contributed by atoms with Crippen molar-refractivity contribution < 1.29 is 23.1 Å². The van der Waals surface area contributed by atoms with Crippen LogP contribution >= 0.6 is 0 Å². The van der Waals surface area contributed by atoms with Crippen molar-refractivity contribution in [3.63, 3.8) is 0 Å². The number of halogens is 3. The van der Waals surface area contributed by atoms with Gasteiger partial charge in [-0.2, -0.15) is 0 Å². The molecule has 0 aromatic heterocycles. The molecule has 0 amide bonds. The Bertz CT molecular complexity index is 374. The number of rotatable bonds is 2. The van der Waals surface area contributed by atoms with Gasteiger partial charge < -0.3 is 9.94 Å². The van der Waals surface area contributed by atoms with Crippen LogP contribution in [0, 0.1) is 0 Å². The van der Waals surface area contributed by atoms with Gasteiger partial charge in [-0.25, -0.2) is 0 Å². The lowest BCUT2D eigenvalue weighted by atomic mass is 10.1. The molecule has 1 N–H and O–H groups in total. The highest BCUT2D eigenvalue weighted by Gasteiger charge is 2.31. The third-order valence-corrected chi connectivity index (χ3v) is 1.64. The van der Waals surface area contributed by atoms with Gasteiger partial charge in [0.1, 0.15) is 5.75 Å². The topological polar surface area (TPSA) is 41.8 Å². The van der Waals surface area contributed by atoms with Gasteiger partial charge in [-0.05, 0) is 19.1 Å². The number of nitrogens with zero attached hydrogens (tertiary/aromatic N) is 1. The molecule has 0 heterocycles. The average Bonchev–Trinajstić information content (AvgIpc) is 2.14. The second-order valence-corrected chi connectivity index (χ2v) is 2.76. The predicted molar refractivity (Wildman–Crippen MR) is 47.1 cm³/mol. The Hall–Kier alpha value is -1.72. The largest absolute Gasteiger partial charge is 0.573 e. The SMILES string of the molecule is C/C(=N\O)c1cccc(OC(F)(F)F)c1. The predicted octanol–water partition coefficient (Wildman–Crippen LogP) is 2.78. The first-order chi connectivity index (χ1) is 6.92. The molecule has 1 rings (SSSR count). The molecule has 0 bridgehead atoms. The number of alkyl halides is 3. The van der Waals surface area contributed by atoms with Crippen molar-refractivity contribution in [2.24, 2.45) is 5.16 Å². The van der Waals surface area contributed by atoms with Crippen molar-refractivity contribution in [3.8, 4) is 5.75 Å². The molecule has 1 aromatic carbocycles. The summed E-state index contributed by atoms with van der Waals surface area (Å²) >= 11 is 0. The molecule has 0 saturated heterocycles. The molecule has 0 aliphatic rings. The van der Waals surface area contributed by atoms with Crippen LogP contribution in [0.4, 0.5) is 13.2 Å². The monoisotopic (exact) mass is 219 g/mol. The van der Waals surface area contributed by atoms with Crippen molar-refractivity contribution in [1.82, 2.24) is 0 Å². The summed E-state index contributed by atoms with van der Waals surface area (Å²) in [7, 11) is 0. The number of hydrogen-bond donors (Lipinski definition) is 1. The standard InChI is InChI=1S/C9H8F3NO2/c1-6(13-14)7-3-2-4-8(5-7)15-9(10,11)12/h2-5,14H,1H3/b13-6+. The summed E-state index contributed by atoms with van der Waals surface area (Å²) in [5, 5.41) is 11.3. The molecular weight excluding hydrogens is 211 g/mol. The second kappa shape index (κ2) is 4.20. The molecular formula is C9H8F3NO2. The zero-order chi connectivity index (χ0) is 11.5. The van der Waals surface area contributed by atoms with Gasteiger partial charge in [-0.3, -0.25) is 0 Å². The van der Waals surface area contributed by atoms with E-state index in [4.69, 9.17) is 5.21 Å². The molecule has 6 heteroatoms. The summed E-state index contributed by atoms with van der Waals surface area (Å²) in [6.07, 6.45) is -4.72. The molecule has 0 aliphatic heterocycles. The van der Waals surface area contributed by atoms with E-state index in [0.29, 0.717) is 5.56 Å². The normalized spacial score (nSPS) is 12.7. The zero-order valence-electron chi connectivity index (χ0n) is 7.75. The van der Waals surface area contributed by atoms with Crippen LogP contribution in [0.5, 0.6) is 5.75 Å². The molecule has 82 valence electrons. The third kappa shape index (κ3) is 3.49. The van der Waals surface area contributed by atoms with Crippen LogP contribution in [0.25, 0.3) is 0 Å². The molecule has 0 radical (unpaired) electrons. The summed E-state index contributed by atoms with van der Waals surface area (Å²) in [5.41, 5.74) is 0.571. The zero-order valence-corrected chi connectivity index (χ0v) is 7.75. The van der Waals surface area contributed by atoms with Gasteiger partial charge in [0.15, 0.2) is 0 Å². The Morgan fingerprint density at radius 3 is 2.60 bits per heavy atom. The van der Waals surface area contributed by atoms with Gasteiger partial charge in [0.05, 0.1) is 5.71 Å². The smallest absolute Gasteiger partial charge is 0.411 e. The van der Waals surface area contributed by atoms with Crippen molar-refractivity contribution in [2.45, 2.75) is 13.3 Å². The van der Waals surface area contributed by atoms with Gasteiger partial charge in [-0.15, -0.1) is 13.2 Å². The Labute approximate surface area is 83.8 Å². The third-order valence-electron chi connectivity index (χ3n) is 1.64. The minimum absolute atomic E-state index is 0.211. The van der Waals surface area contributed by atoms with Crippen LogP contribution in [-0.2, 0) is 0 Å². The lowest BCUT2D eigenvalue weighted by Gasteiger charge is -2.09. The fourth-order valence-corrected chi connectivity index (χ4v) is 0.976. The Balaban J connectivity index is 2.93. The highest BCUT2D eigenvalue weighted by atomic mass is 19.4. The number of oxime groups is 1. The van der Waals surface area contributed by atoms with E-state index in [0.717, 1.165) is 6.07 Å². The van der Waals surface area contributed by atoms with Gasteiger partial charge in [0.2, 0.25) is 0 Å². The van der Waals surface area contributed by atoms with E-state index >= 15 is 0 Å². The summed E-state index contributed by atoms with van der Waals surface area (Å²) in [4.78, 5) is 0. The van der Waals surface area contributed by atoms with Gasteiger partial charge in [0.25, 0.3) is 0 Å². The quantitative estimate of drug-likeness (QED) is 0.472. The second-order valence-electron chi connectivity index (χ2n) is 2.76. The molecule has 0 atom stereocenters. The molecule has 1 aromatic rings. The fraction of sp³-hybridized carbons (Fsp3) is 0.222. The van der Waals surface area contributed by atoms with Gasteiger partial charge in [0, 0.05) is 5.56 Å². The molecule has 0 fully saturated rings. The van der Waals surface area contributed by atoms with E-state index in [1.54, 1.807) is 0 Å². The number of hydrogen-bond acceptors (Lipinski definition) is 3. The summed E-state index contributed by atoms with van der Waals surface area (Å²) in [6, 6.07) is 5.20. The first kappa shape index (κ1) is 11.4. The van der Waals surface area contributed by atoms with Crippen molar-refractivity contribution >= 4 is 5.71 Å². The maximum absolute atomic E-state index is 11.9. The van der Waals surface area contributed by atoms with E-state index in [-0.39, 0.29) is 11.5 Å². The highest BCUT2D eigenvalue weighted by molar-refractivity contribution is 5.98. The van der Waals surface area contributed by atoms with E-state index in [2.05, 4.69) is 9.89 Å². The Morgan fingerprint density at radius 1 is 1.40 bits per heavy atom. The number of benzene rings is 1. The minimum Gasteiger partial charge on any atom is -0.411 e. The van der Waals surface area contributed by atoms with Crippen LogP contribution < -0.4 is 4.74 Å². The first-order valence-corrected chi connectivity index (χ1v) is 3.97. The van der Waals surface area contributed by atoms with Crippen LogP contribution in [0.2, 0.25) is 0 Å². The fourth-order valence-electron chi connectivity index (χ4n) is 0.976. The maximum atomic E-state index is 11.9. The molecule has 0 spiro atoms. The van der Waals surface area contributed by atoms with Gasteiger partial charge in [-0.1, -0.05) is 17.3 Å². The Morgan fingerprint density at radius 2 is 2.07 bits per heavy atom. The Kier molecular flexibility index (Phi) is 3.18. The molecule has 0 unspecified atom stereocenters. The highest BCUT2D eigenvalue weighted by Crippen LogP contribution is 2.23. The van der Waals surface area contributed by atoms with E-state index in [1.165, 1.54) is 25.1 Å². The summed E-state index contributed by atoms with van der Waals surface area (Å²) in [6.45, 7) is 1.46. The van der Waals surface area contributed by atoms with E-state index in [9.17, 15) is 13.2 Å². The van der Waals surface area contributed by atoms with Crippen LogP contribution in [0.1, 0.15) is 12.5 Å². The van der Waals surface area contributed by atoms with Gasteiger partial charge >= 0.3 is 6.36 Å². The lowest BCUT2D eigenvalue weighted by molar-refractivity contribution is -0.274. The van der Waals surface area contributed by atoms with Crippen LogP contribution in [0.3, 0.4) is 0 Å². The van der Waals surface area contributed by atoms with Crippen molar-refractivity contribution in [3.05, 3.63) is 29.8 Å². The van der Waals surface area contributed by atoms with E-state index < -0.39 is 6.36 Å². The maximum Gasteiger partial charge on any atom is 0.573 e. The van der Waals surface area contributed by atoms with Crippen LogP contribution in [-0.4, -0.2) is 17.3 Å². The lowest BCUT2D eigenvalue weighted by Crippen LogP contribution is -2.17. The van der Waals surface area contributed by atoms with E-state index in [1.807, 2.05) is 0 Å². The molecule has 0 saturated carbocycles. The molecule has 0 aliphatic carbocycles. The summed E-state index contributed by atoms with van der Waals surface area (Å²) < 4.78 is 39.3. The minimum atomic E-state index is -4.72.